The molecule has 1 fully saturated rings. The first-order valence-electron chi connectivity index (χ1n) is 7.23. The molecule has 1 aliphatic rings. The summed E-state index contributed by atoms with van der Waals surface area (Å²) in [7, 11) is 0. The number of aliphatic carboxylic acids is 1. The molecule has 0 saturated carbocycles. The minimum Gasteiger partial charge on any atom is -0.481 e. The van der Waals surface area contributed by atoms with E-state index in [1.54, 1.807) is 11.3 Å². The fourth-order valence-electron chi connectivity index (χ4n) is 2.79. The van der Waals surface area contributed by atoms with Crippen molar-refractivity contribution >= 4 is 39.1 Å². The highest BCUT2D eigenvalue weighted by molar-refractivity contribution is 9.11. The number of rotatable bonds is 5. The largest absolute Gasteiger partial charge is 0.481 e. The summed E-state index contributed by atoms with van der Waals surface area (Å²) < 4.78 is 1.04. The third kappa shape index (κ3) is 4.54. The Bertz CT molecular complexity index is 517. The van der Waals surface area contributed by atoms with Gasteiger partial charge in [0.1, 0.15) is 0 Å². The van der Waals surface area contributed by atoms with E-state index < -0.39 is 5.97 Å². The lowest BCUT2D eigenvalue weighted by atomic mass is 9.92. The van der Waals surface area contributed by atoms with Gasteiger partial charge in [-0.1, -0.05) is 0 Å². The normalized spacial score (nSPS) is 20.3. The first-order valence-corrected chi connectivity index (χ1v) is 8.84. The van der Waals surface area contributed by atoms with Crippen molar-refractivity contribution in [3.8, 4) is 0 Å². The van der Waals surface area contributed by atoms with Crippen molar-refractivity contribution in [3.05, 3.63) is 20.8 Å². The summed E-state index contributed by atoms with van der Waals surface area (Å²) in [5.41, 5.74) is 0. The van der Waals surface area contributed by atoms with Crippen LogP contribution in [0.5, 0.6) is 0 Å². The third-order valence-electron chi connectivity index (χ3n) is 3.99. The van der Waals surface area contributed by atoms with Gasteiger partial charge in [-0.05, 0) is 60.2 Å². The summed E-state index contributed by atoms with van der Waals surface area (Å²) in [6.07, 6.45) is 2.85. The Hall–Kier alpha value is -0.880. The van der Waals surface area contributed by atoms with Crippen LogP contribution in [0.2, 0.25) is 0 Å². The molecule has 0 spiro atoms. The molecule has 116 valence electrons. The lowest BCUT2D eigenvalue weighted by Gasteiger charge is -2.34. The van der Waals surface area contributed by atoms with Crippen molar-refractivity contribution < 1.29 is 14.7 Å². The lowest BCUT2D eigenvalue weighted by Crippen LogP contribution is -2.41. The van der Waals surface area contributed by atoms with E-state index in [2.05, 4.69) is 15.9 Å². The molecule has 0 radical (unpaired) electrons. The van der Waals surface area contributed by atoms with Crippen LogP contribution < -0.4 is 0 Å². The quantitative estimate of drug-likeness (QED) is 0.855. The van der Waals surface area contributed by atoms with Gasteiger partial charge in [-0.15, -0.1) is 11.3 Å². The Balaban J connectivity index is 1.93. The van der Waals surface area contributed by atoms with Crippen LogP contribution in [0.15, 0.2) is 15.9 Å². The van der Waals surface area contributed by atoms with Crippen LogP contribution in [0.4, 0.5) is 0 Å². The van der Waals surface area contributed by atoms with E-state index in [0.29, 0.717) is 18.9 Å². The van der Waals surface area contributed by atoms with E-state index in [1.807, 2.05) is 24.0 Å². The molecule has 2 rings (SSSR count). The maximum atomic E-state index is 12.6. The molecule has 4 nitrogen and oxygen atoms in total. The standard InChI is InChI=1S/C15H20BrNO3S/c1-10(12-5-6-13(16)21-12)15(20)17-8-2-3-11(9-17)4-7-14(18)19/h5-6,10-11H,2-4,7-9H2,1H3,(H,18,19). The molecule has 0 aromatic carbocycles. The van der Waals surface area contributed by atoms with Crippen LogP contribution >= 0.6 is 27.3 Å². The molecule has 1 amide bonds. The van der Waals surface area contributed by atoms with E-state index in [1.165, 1.54) is 0 Å². The molecule has 21 heavy (non-hydrogen) atoms. The summed E-state index contributed by atoms with van der Waals surface area (Å²) in [6, 6.07) is 3.96. The van der Waals surface area contributed by atoms with Gasteiger partial charge in [0.2, 0.25) is 5.91 Å². The van der Waals surface area contributed by atoms with Crippen LogP contribution in [0.25, 0.3) is 0 Å². The van der Waals surface area contributed by atoms with E-state index >= 15 is 0 Å². The molecule has 0 aliphatic carbocycles. The summed E-state index contributed by atoms with van der Waals surface area (Å²) in [5.74, 6) is -0.403. The summed E-state index contributed by atoms with van der Waals surface area (Å²) in [4.78, 5) is 26.2. The molecule has 1 saturated heterocycles. The van der Waals surface area contributed by atoms with Crippen LogP contribution in [-0.4, -0.2) is 35.0 Å². The number of carbonyl (C=O) groups is 2. The highest BCUT2D eigenvalue weighted by atomic mass is 79.9. The lowest BCUT2D eigenvalue weighted by molar-refractivity contribution is -0.137. The number of thiophene rings is 1. The van der Waals surface area contributed by atoms with Crippen LogP contribution in [-0.2, 0) is 9.59 Å². The van der Waals surface area contributed by atoms with Crippen molar-refractivity contribution in [1.82, 2.24) is 4.90 Å². The number of amides is 1. The number of likely N-dealkylation sites (tertiary alicyclic amines) is 1. The van der Waals surface area contributed by atoms with Crippen molar-refractivity contribution in [3.63, 3.8) is 0 Å². The smallest absolute Gasteiger partial charge is 0.303 e. The fourth-order valence-corrected chi connectivity index (χ4v) is 4.25. The summed E-state index contributed by atoms with van der Waals surface area (Å²) in [5, 5.41) is 8.77. The van der Waals surface area contributed by atoms with Gasteiger partial charge in [-0.2, -0.15) is 0 Å². The zero-order chi connectivity index (χ0) is 15.4. The average Bonchev–Trinajstić information content (AvgIpc) is 2.90. The third-order valence-corrected chi connectivity index (χ3v) is 5.79. The van der Waals surface area contributed by atoms with Gasteiger partial charge in [0.15, 0.2) is 0 Å². The number of halogens is 1. The molecule has 2 unspecified atom stereocenters. The van der Waals surface area contributed by atoms with Crippen molar-refractivity contribution in [1.29, 1.82) is 0 Å². The number of nitrogens with zero attached hydrogens (tertiary/aromatic N) is 1. The molecule has 1 aliphatic heterocycles. The summed E-state index contributed by atoms with van der Waals surface area (Å²) >= 11 is 5.02. The number of carboxylic acids is 1. The first-order chi connectivity index (χ1) is 9.97. The van der Waals surface area contributed by atoms with Crippen molar-refractivity contribution in [2.45, 2.75) is 38.5 Å². The molecule has 2 atom stereocenters. The second kappa shape index (κ2) is 7.40. The predicted molar refractivity (Wildman–Crippen MR) is 86.6 cm³/mol. The minimum atomic E-state index is -0.754. The zero-order valence-electron chi connectivity index (χ0n) is 12.0. The van der Waals surface area contributed by atoms with Crippen LogP contribution in [0, 0.1) is 5.92 Å². The molecule has 0 bridgehead atoms. The molecule has 1 aromatic rings. The highest BCUT2D eigenvalue weighted by Crippen LogP contribution is 2.31. The maximum Gasteiger partial charge on any atom is 0.303 e. The van der Waals surface area contributed by atoms with Gasteiger partial charge >= 0.3 is 5.97 Å². The Morgan fingerprint density at radius 3 is 2.90 bits per heavy atom. The second-order valence-corrected chi connectivity index (χ2v) is 8.08. The van der Waals surface area contributed by atoms with Gasteiger partial charge < -0.3 is 10.0 Å². The molecular weight excluding hydrogens is 354 g/mol. The van der Waals surface area contributed by atoms with E-state index in [-0.39, 0.29) is 18.2 Å². The Morgan fingerprint density at radius 1 is 1.52 bits per heavy atom. The monoisotopic (exact) mass is 373 g/mol. The van der Waals surface area contributed by atoms with Gasteiger partial charge in [0.05, 0.1) is 9.70 Å². The van der Waals surface area contributed by atoms with Crippen molar-refractivity contribution in [2.75, 3.05) is 13.1 Å². The second-order valence-electron chi connectivity index (χ2n) is 5.59. The number of piperidine rings is 1. The molecule has 1 aromatic heterocycles. The van der Waals surface area contributed by atoms with Gasteiger partial charge in [0.25, 0.3) is 0 Å². The van der Waals surface area contributed by atoms with E-state index in [0.717, 1.165) is 28.0 Å². The topological polar surface area (TPSA) is 57.6 Å². The Morgan fingerprint density at radius 2 is 2.29 bits per heavy atom. The predicted octanol–water partition coefficient (Wildman–Crippen LogP) is 3.72. The van der Waals surface area contributed by atoms with Crippen molar-refractivity contribution in [2.24, 2.45) is 5.92 Å². The van der Waals surface area contributed by atoms with Crippen LogP contribution in [0.1, 0.15) is 43.4 Å². The fraction of sp³-hybridized carbons (Fsp3) is 0.600. The van der Waals surface area contributed by atoms with Gasteiger partial charge in [-0.25, -0.2) is 0 Å². The number of hydrogen-bond donors (Lipinski definition) is 1. The Kier molecular flexibility index (Phi) is 5.81. The van der Waals surface area contributed by atoms with Gasteiger partial charge in [0, 0.05) is 24.4 Å². The van der Waals surface area contributed by atoms with Gasteiger partial charge in [-0.3, -0.25) is 9.59 Å². The summed E-state index contributed by atoms with van der Waals surface area (Å²) in [6.45, 7) is 3.43. The first kappa shape index (κ1) is 16.5. The van der Waals surface area contributed by atoms with Crippen LogP contribution in [0.3, 0.4) is 0 Å². The highest BCUT2D eigenvalue weighted by Gasteiger charge is 2.28. The number of carboxylic acid groups (broad SMARTS) is 1. The van der Waals surface area contributed by atoms with E-state index in [4.69, 9.17) is 5.11 Å². The number of hydrogen-bond acceptors (Lipinski definition) is 3. The maximum absolute atomic E-state index is 12.6. The zero-order valence-corrected chi connectivity index (χ0v) is 14.5. The molecule has 6 heteroatoms. The molecular formula is C15H20BrNO3S. The number of carbonyl (C=O) groups excluding carboxylic acids is 1. The SMILES string of the molecule is CC(C(=O)N1CCCC(CCC(=O)O)C1)c1ccc(Br)s1. The minimum absolute atomic E-state index is 0.125. The molecule has 2 heterocycles. The average molecular weight is 374 g/mol. The molecule has 1 N–H and O–H groups in total. The Labute approximate surface area is 137 Å². The van der Waals surface area contributed by atoms with E-state index in [9.17, 15) is 9.59 Å².